The van der Waals surface area contributed by atoms with Crippen molar-refractivity contribution in [1.29, 1.82) is 0 Å². The zero-order chi connectivity index (χ0) is 12.0. The Morgan fingerprint density at radius 3 is 2.69 bits per heavy atom. The van der Waals surface area contributed by atoms with Crippen molar-refractivity contribution >= 4 is 11.6 Å². The van der Waals surface area contributed by atoms with E-state index in [2.05, 4.69) is 6.92 Å². The van der Waals surface area contributed by atoms with E-state index in [9.17, 15) is 9.59 Å². The van der Waals surface area contributed by atoms with Crippen molar-refractivity contribution < 1.29 is 9.59 Å². The van der Waals surface area contributed by atoms with Crippen molar-refractivity contribution in [3.8, 4) is 0 Å². The number of Topliss-reactive ketones (excluding diaryl/α,β-unsaturated/α-hetero) is 2. The molecule has 0 aliphatic heterocycles. The highest BCUT2D eigenvalue weighted by Crippen LogP contribution is 2.35. The molecule has 2 unspecified atom stereocenters. The number of carbonyl (C=O) groups excluding carboxylic acids is 2. The highest BCUT2D eigenvalue weighted by Gasteiger charge is 2.34. The predicted molar refractivity (Wildman–Crippen MR) is 65.3 cm³/mol. The summed E-state index contributed by atoms with van der Waals surface area (Å²) in [6.45, 7) is 3.83. The maximum absolute atomic E-state index is 11.7. The molecule has 0 N–H and O–H groups in total. The van der Waals surface area contributed by atoms with Gasteiger partial charge in [0.15, 0.2) is 0 Å². The third-order valence-electron chi connectivity index (χ3n) is 3.66. The van der Waals surface area contributed by atoms with Crippen LogP contribution in [0.1, 0.15) is 65.2 Å². The fraction of sp³-hybridized carbons (Fsp3) is 0.857. The molecule has 1 aliphatic rings. The van der Waals surface area contributed by atoms with Crippen molar-refractivity contribution in [2.24, 2.45) is 11.8 Å². The van der Waals surface area contributed by atoms with Crippen LogP contribution in [-0.4, -0.2) is 11.6 Å². The summed E-state index contributed by atoms with van der Waals surface area (Å²) in [6.07, 6.45) is 8.15. The summed E-state index contributed by atoms with van der Waals surface area (Å²) in [7, 11) is 0. The summed E-state index contributed by atoms with van der Waals surface area (Å²) in [5, 5.41) is 0. The van der Waals surface area contributed by atoms with Crippen LogP contribution in [0.3, 0.4) is 0 Å². The summed E-state index contributed by atoms with van der Waals surface area (Å²) in [6, 6.07) is 0. The lowest BCUT2D eigenvalue weighted by atomic mass is 9.87. The standard InChI is InChI=1S/C14H24O2/c1-3-4-5-6-7-13-12(10-11(2)15)8-9-14(13)16/h12-13H,3-10H2,1-2H3. The smallest absolute Gasteiger partial charge is 0.136 e. The van der Waals surface area contributed by atoms with Gasteiger partial charge >= 0.3 is 0 Å². The average molecular weight is 224 g/mol. The number of hydrogen-bond acceptors (Lipinski definition) is 2. The second-order valence-corrected chi connectivity index (χ2v) is 5.13. The molecule has 2 atom stereocenters. The first-order valence-corrected chi connectivity index (χ1v) is 6.67. The van der Waals surface area contributed by atoms with Crippen molar-refractivity contribution in [3.63, 3.8) is 0 Å². The van der Waals surface area contributed by atoms with Crippen LogP contribution in [-0.2, 0) is 9.59 Å². The molecular weight excluding hydrogens is 200 g/mol. The summed E-state index contributed by atoms with van der Waals surface area (Å²) in [4.78, 5) is 22.8. The van der Waals surface area contributed by atoms with E-state index < -0.39 is 0 Å². The SMILES string of the molecule is CCCCCCC1C(=O)CCC1CC(C)=O. The highest BCUT2D eigenvalue weighted by atomic mass is 16.1. The lowest BCUT2D eigenvalue weighted by molar-refractivity contribution is -0.122. The lowest BCUT2D eigenvalue weighted by Gasteiger charge is -2.16. The average Bonchev–Trinajstić information content (AvgIpc) is 2.55. The van der Waals surface area contributed by atoms with Gasteiger partial charge in [-0.05, 0) is 25.7 Å². The number of carbonyl (C=O) groups is 2. The minimum absolute atomic E-state index is 0.195. The van der Waals surface area contributed by atoms with Gasteiger partial charge in [-0.3, -0.25) is 4.79 Å². The van der Waals surface area contributed by atoms with Gasteiger partial charge in [0.05, 0.1) is 0 Å². The van der Waals surface area contributed by atoms with E-state index in [0.717, 1.165) is 19.3 Å². The van der Waals surface area contributed by atoms with E-state index in [4.69, 9.17) is 0 Å². The first kappa shape index (κ1) is 13.4. The van der Waals surface area contributed by atoms with E-state index >= 15 is 0 Å². The quantitative estimate of drug-likeness (QED) is 0.620. The van der Waals surface area contributed by atoms with Gasteiger partial charge in [-0.1, -0.05) is 32.6 Å². The summed E-state index contributed by atoms with van der Waals surface area (Å²) in [5.41, 5.74) is 0. The van der Waals surface area contributed by atoms with Crippen molar-refractivity contribution in [2.75, 3.05) is 0 Å². The Balaban J connectivity index is 2.34. The molecule has 0 bridgehead atoms. The second-order valence-electron chi connectivity index (χ2n) is 5.13. The van der Waals surface area contributed by atoms with Crippen LogP contribution in [0.4, 0.5) is 0 Å². The second kappa shape index (κ2) is 6.82. The normalized spacial score (nSPS) is 25.0. The maximum Gasteiger partial charge on any atom is 0.136 e. The molecule has 1 fully saturated rings. The molecule has 0 amide bonds. The molecular formula is C14H24O2. The van der Waals surface area contributed by atoms with Gasteiger partial charge in [-0.15, -0.1) is 0 Å². The zero-order valence-corrected chi connectivity index (χ0v) is 10.6. The van der Waals surface area contributed by atoms with Crippen LogP contribution in [0, 0.1) is 11.8 Å². The third kappa shape index (κ3) is 4.07. The van der Waals surface area contributed by atoms with E-state index in [-0.39, 0.29) is 11.7 Å². The van der Waals surface area contributed by atoms with E-state index in [0.29, 0.717) is 24.5 Å². The number of unbranched alkanes of at least 4 members (excludes halogenated alkanes) is 3. The summed E-state index contributed by atoms with van der Waals surface area (Å²) < 4.78 is 0. The predicted octanol–water partition coefficient (Wildman–Crippen LogP) is 3.53. The molecule has 0 aromatic heterocycles. The van der Waals surface area contributed by atoms with Crippen molar-refractivity contribution in [3.05, 3.63) is 0 Å². The Bertz CT molecular complexity index is 245. The topological polar surface area (TPSA) is 34.1 Å². The highest BCUT2D eigenvalue weighted by molar-refractivity contribution is 5.85. The van der Waals surface area contributed by atoms with Gasteiger partial charge in [0.1, 0.15) is 11.6 Å². The number of rotatable bonds is 7. The molecule has 0 heterocycles. The summed E-state index contributed by atoms with van der Waals surface area (Å²) >= 11 is 0. The van der Waals surface area contributed by atoms with Gasteiger partial charge in [0.2, 0.25) is 0 Å². The molecule has 0 saturated heterocycles. The fourth-order valence-corrected chi connectivity index (χ4v) is 2.78. The Hall–Kier alpha value is -0.660. The Morgan fingerprint density at radius 2 is 2.06 bits per heavy atom. The van der Waals surface area contributed by atoms with Crippen LogP contribution in [0.25, 0.3) is 0 Å². The first-order chi connectivity index (χ1) is 7.65. The van der Waals surface area contributed by atoms with Crippen LogP contribution in [0.5, 0.6) is 0 Å². The van der Waals surface area contributed by atoms with Gasteiger partial charge < -0.3 is 4.79 Å². The minimum Gasteiger partial charge on any atom is -0.300 e. The molecule has 1 saturated carbocycles. The fourth-order valence-electron chi connectivity index (χ4n) is 2.78. The van der Waals surface area contributed by atoms with E-state index in [1.807, 2.05) is 0 Å². The Kier molecular flexibility index (Phi) is 5.72. The third-order valence-corrected chi connectivity index (χ3v) is 3.66. The largest absolute Gasteiger partial charge is 0.300 e. The molecule has 92 valence electrons. The van der Waals surface area contributed by atoms with Crippen LogP contribution >= 0.6 is 0 Å². The molecule has 1 rings (SSSR count). The molecule has 2 nitrogen and oxygen atoms in total. The van der Waals surface area contributed by atoms with E-state index in [1.165, 1.54) is 19.3 Å². The van der Waals surface area contributed by atoms with Gasteiger partial charge in [-0.2, -0.15) is 0 Å². The maximum atomic E-state index is 11.7. The summed E-state index contributed by atoms with van der Waals surface area (Å²) in [5.74, 6) is 1.19. The van der Waals surface area contributed by atoms with Gasteiger partial charge in [-0.25, -0.2) is 0 Å². The Labute approximate surface area is 98.8 Å². The van der Waals surface area contributed by atoms with Gasteiger partial charge in [0, 0.05) is 18.8 Å². The molecule has 2 heteroatoms. The molecule has 0 spiro atoms. The zero-order valence-electron chi connectivity index (χ0n) is 10.6. The first-order valence-electron chi connectivity index (χ1n) is 6.67. The monoisotopic (exact) mass is 224 g/mol. The lowest BCUT2D eigenvalue weighted by Crippen LogP contribution is -2.17. The minimum atomic E-state index is 0.195. The molecule has 1 aliphatic carbocycles. The number of ketones is 2. The molecule has 16 heavy (non-hydrogen) atoms. The molecule has 0 aromatic carbocycles. The number of hydrogen-bond donors (Lipinski definition) is 0. The van der Waals surface area contributed by atoms with Crippen molar-refractivity contribution in [1.82, 2.24) is 0 Å². The van der Waals surface area contributed by atoms with Gasteiger partial charge in [0.25, 0.3) is 0 Å². The van der Waals surface area contributed by atoms with Crippen LogP contribution < -0.4 is 0 Å². The Morgan fingerprint density at radius 1 is 1.31 bits per heavy atom. The van der Waals surface area contributed by atoms with E-state index in [1.54, 1.807) is 6.92 Å². The van der Waals surface area contributed by atoms with Crippen molar-refractivity contribution in [2.45, 2.75) is 65.2 Å². The molecule has 0 radical (unpaired) electrons. The van der Waals surface area contributed by atoms with Crippen LogP contribution in [0.15, 0.2) is 0 Å². The molecule has 0 aromatic rings. The van der Waals surface area contributed by atoms with Crippen LogP contribution in [0.2, 0.25) is 0 Å².